The van der Waals surface area contributed by atoms with Gasteiger partial charge in [-0.1, -0.05) is 0 Å². The van der Waals surface area contributed by atoms with Crippen LogP contribution in [0.3, 0.4) is 0 Å². The van der Waals surface area contributed by atoms with E-state index in [1.54, 1.807) is 0 Å². The Morgan fingerprint density at radius 3 is 2.42 bits per heavy atom. The first kappa shape index (κ1) is 14.1. The van der Waals surface area contributed by atoms with E-state index < -0.39 is 6.16 Å². The lowest BCUT2D eigenvalue weighted by Gasteiger charge is -2.08. The molecule has 0 saturated heterocycles. The van der Waals surface area contributed by atoms with Gasteiger partial charge in [-0.05, 0) is 20.5 Å². The molecule has 0 amide bonds. The number of carbonyl (C=O) groups is 1. The van der Waals surface area contributed by atoms with Crippen LogP contribution in [-0.2, 0) is 9.47 Å². The highest BCUT2D eigenvalue weighted by Crippen LogP contribution is 1.87. The van der Waals surface area contributed by atoms with Crippen LogP contribution in [-0.4, -0.2) is 45.4 Å². The molecule has 0 aliphatic carbocycles. The van der Waals surface area contributed by atoms with E-state index in [0.29, 0.717) is 6.61 Å². The summed E-state index contributed by atoms with van der Waals surface area (Å²) in [5, 5.41) is 0. The summed E-state index contributed by atoms with van der Waals surface area (Å²) in [6.45, 7) is 1.34. The molecular formula is C7H16ClNO3. The van der Waals surface area contributed by atoms with Gasteiger partial charge in [0.25, 0.3) is 0 Å². The van der Waals surface area contributed by atoms with Crippen molar-refractivity contribution in [3.63, 3.8) is 0 Å². The van der Waals surface area contributed by atoms with Gasteiger partial charge in [-0.25, -0.2) is 4.79 Å². The van der Waals surface area contributed by atoms with Gasteiger partial charge in [-0.2, -0.15) is 0 Å². The summed E-state index contributed by atoms with van der Waals surface area (Å²) in [4.78, 5) is 12.4. The second-order valence-corrected chi connectivity index (χ2v) is 2.46. The second-order valence-electron chi connectivity index (χ2n) is 2.46. The third-order valence-electron chi connectivity index (χ3n) is 1.14. The number of carbonyl (C=O) groups excluding carboxylic acids is 1. The molecule has 0 heterocycles. The van der Waals surface area contributed by atoms with Crippen molar-refractivity contribution < 1.29 is 14.3 Å². The van der Waals surface area contributed by atoms with Gasteiger partial charge in [0, 0.05) is 6.54 Å². The Morgan fingerprint density at radius 1 is 1.42 bits per heavy atom. The van der Waals surface area contributed by atoms with Crippen LogP contribution >= 0.6 is 12.4 Å². The fourth-order valence-corrected chi connectivity index (χ4v) is 0.595. The number of halogens is 1. The molecule has 0 N–H and O–H groups in total. The summed E-state index contributed by atoms with van der Waals surface area (Å²) in [5.74, 6) is 0. The zero-order chi connectivity index (χ0) is 8.69. The number of methoxy groups -OCH3 is 1. The van der Waals surface area contributed by atoms with E-state index in [0.717, 1.165) is 13.0 Å². The molecular weight excluding hydrogens is 182 g/mol. The lowest BCUT2D eigenvalue weighted by Crippen LogP contribution is -2.16. The third-order valence-corrected chi connectivity index (χ3v) is 1.14. The van der Waals surface area contributed by atoms with Crippen molar-refractivity contribution >= 4 is 18.6 Å². The van der Waals surface area contributed by atoms with Crippen molar-refractivity contribution in [3.8, 4) is 0 Å². The third kappa shape index (κ3) is 9.52. The molecule has 0 atom stereocenters. The minimum atomic E-state index is -0.608. The first-order chi connectivity index (χ1) is 5.16. The van der Waals surface area contributed by atoms with Crippen molar-refractivity contribution in [3.05, 3.63) is 0 Å². The van der Waals surface area contributed by atoms with Gasteiger partial charge in [-0.3, -0.25) is 0 Å². The maximum atomic E-state index is 10.4. The van der Waals surface area contributed by atoms with E-state index >= 15 is 0 Å². The van der Waals surface area contributed by atoms with Crippen molar-refractivity contribution in [1.29, 1.82) is 0 Å². The molecule has 5 heteroatoms. The number of ether oxygens (including phenoxy) is 2. The Balaban J connectivity index is 0. The van der Waals surface area contributed by atoms with Gasteiger partial charge in [0.15, 0.2) is 0 Å². The Kier molecular flexibility index (Phi) is 10.1. The van der Waals surface area contributed by atoms with Gasteiger partial charge in [0.1, 0.15) is 0 Å². The van der Waals surface area contributed by atoms with Gasteiger partial charge >= 0.3 is 6.16 Å². The minimum Gasteiger partial charge on any atom is -0.438 e. The molecule has 0 rings (SSSR count). The molecule has 0 aromatic heterocycles. The molecule has 0 aromatic carbocycles. The van der Waals surface area contributed by atoms with Gasteiger partial charge < -0.3 is 14.4 Å². The molecule has 0 aliphatic heterocycles. The van der Waals surface area contributed by atoms with E-state index in [4.69, 9.17) is 0 Å². The summed E-state index contributed by atoms with van der Waals surface area (Å²) in [6, 6.07) is 0. The molecule has 12 heavy (non-hydrogen) atoms. The summed E-state index contributed by atoms with van der Waals surface area (Å²) in [6.07, 6.45) is 0.228. The molecule has 0 radical (unpaired) electrons. The summed E-state index contributed by atoms with van der Waals surface area (Å²) < 4.78 is 8.94. The van der Waals surface area contributed by atoms with E-state index in [2.05, 4.69) is 9.47 Å². The fraction of sp³-hybridized carbons (Fsp3) is 0.857. The maximum absolute atomic E-state index is 10.4. The lowest BCUT2D eigenvalue weighted by atomic mass is 10.4. The number of hydrogen-bond acceptors (Lipinski definition) is 4. The van der Waals surface area contributed by atoms with E-state index in [1.807, 2.05) is 19.0 Å². The lowest BCUT2D eigenvalue weighted by molar-refractivity contribution is 0.0703. The van der Waals surface area contributed by atoms with Crippen LogP contribution in [0.25, 0.3) is 0 Å². The van der Waals surface area contributed by atoms with Gasteiger partial charge in [0.05, 0.1) is 13.7 Å². The van der Waals surface area contributed by atoms with E-state index in [-0.39, 0.29) is 12.4 Å². The van der Waals surface area contributed by atoms with Crippen LogP contribution in [0, 0.1) is 0 Å². The molecule has 0 bridgehead atoms. The largest absolute Gasteiger partial charge is 0.507 e. The molecule has 74 valence electrons. The predicted molar refractivity (Wildman–Crippen MR) is 48.8 cm³/mol. The first-order valence-electron chi connectivity index (χ1n) is 3.52. The highest BCUT2D eigenvalue weighted by atomic mass is 35.5. The molecule has 0 aromatic rings. The molecule has 4 nitrogen and oxygen atoms in total. The summed E-state index contributed by atoms with van der Waals surface area (Å²) in [7, 11) is 5.24. The highest BCUT2D eigenvalue weighted by Gasteiger charge is 1.98. The van der Waals surface area contributed by atoms with Crippen LogP contribution < -0.4 is 0 Å². The first-order valence-corrected chi connectivity index (χ1v) is 3.52. The SMILES string of the molecule is COC(=O)OCCCN(C)C.Cl. The Hall–Kier alpha value is -0.480. The number of nitrogens with zero attached hydrogens (tertiary/aromatic N) is 1. The van der Waals surface area contributed by atoms with E-state index in [1.165, 1.54) is 7.11 Å². The minimum absolute atomic E-state index is 0. The zero-order valence-corrected chi connectivity index (χ0v) is 8.52. The second kappa shape index (κ2) is 8.62. The van der Waals surface area contributed by atoms with Crippen LogP contribution in [0.15, 0.2) is 0 Å². The molecule has 0 fully saturated rings. The van der Waals surface area contributed by atoms with Crippen molar-refractivity contribution in [2.24, 2.45) is 0 Å². The maximum Gasteiger partial charge on any atom is 0.507 e. The van der Waals surface area contributed by atoms with Gasteiger partial charge in [-0.15, -0.1) is 12.4 Å². The smallest absolute Gasteiger partial charge is 0.438 e. The predicted octanol–water partition coefficient (Wildman–Crippen LogP) is 1.14. The Labute approximate surface area is 79.2 Å². The van der Waals surface area contributed by atoms with Crippen LogP contribution in [0.5, 0.6) is 0 Å². The summed E-state index contributed by atoms with van der Waals surface area (Å²) >= 11 is 0. The summed E-state index contributed by atoms with van der Waals surface area (Å²) in [5.41, 5.74) is 0. The van der Waals surface area contributed by atoms with Gasteiger partial charge in [0.2, 0.25) is 0 Å². The molecule has 0 aliphatic rings. The quantitative estimate of drug-likeness (QED) is 0.501. The van der Waals surface area contributed by atoms with Crippen molar-refractivity contribution in [2.75, 3.05) is 34.4 Å². The molecule has 0 saturated carbocycles. The number of hydrogen-bond donors (Lipinski definition) is 0. The normalized spacial score (nSPS) is 9.00. The Morgan fingerprint density at radius 2 is 2.00 bits per heavy atom. The topological polar surface area (TPSA) is 38.8 Å². The Bertz CT molecular complexity index is 119. The fourth-order valence-electron chi connectivity index (χ4n) is 0.595. The average Bonchev–Trinajstić information content (AvgIpc) is 1.97. The molecule has 0 spiro atoms. The van der Waals surface area contributed by atoms with E-state index in [9.17, 15) is 4.79 Å². The van der Waals surface area contributed by atoms with Crippen LogP contribution in [0.1, 0.15) is 6.42 Å². The van der Waals surface area contributed by atoms with Crippen molar-refractivity contribution in [2.45, 2.75) is 6.42 Å². The monoisotopic (exact) mass is 197 g/mol. The number of rotatable bonds is 4. The van der Waals surface area contributed by atoms with Crippen molar-refractivity contribution in [1.82, 2.24) is 4.90 Å². The van der Waals surface area contributed by atoms with Crippen LogP contribution in [0.4, 0.5) is 4.79 Å². The average molecular weight is 198 g/mol. The molecule has 0 unspecified atom stereocenters. The zero-order valence-electron chi connectivity index (χ0n) is 7.70. The van der Waals surface area contributed by atoms with Crippen LogP contribution in [0.2, 0.25) is 0 Å². The highest BCUT2D eigenvalue weighted by molar-refractivity contribution is 5.85. The standard InChI is InChI=1S/C7H15NO3.ClH/c1-8(2)5-4-6-11-7(9)10-3;/h4-6H2,1-3H3;1H.